The molecule has 0 bridgehead atoms. The van der Waals surface area contributed by atoms with Crippen molar-refractivity contribution in [3.8, 4) is 0 Å². The van der Waals surface area contributed by atoms with Crippen LogP contribution in [0.1, 0.15) is 47.9 Å². The van der Waals surface area contributed by atoms with Gasteiger partial charge in [-0.05, 0) is 73.7 Å². The lowest BCUT2D eigenvalue weighted by Gasteiger charge is -2.42. The Morgan fingerprint density at radius 3 is 2.26 bits per heavy atom. The van der Waals surface area contributed by atoms with Crippen molar-refractivity contribution in [1.82, 2.24) is 4.90 Å². The van der Waals surface area contributed by atoms with Crippen LogP contribution in [0.15, 0.2) is 30.3 Å². The van der Waals surface area contributed by atoms with Gasteiger partial charge in [-0.1, -0.05) is 48.3 Å². The zero-order valence-corrected chi connectivity index (χ0v) is 21.1. The first-order chi connectivity index (χ1) is 16.3. The molecule has 0 aliphatic carbocycles. The maximum atomic E-state index is 11.2. The third-order valence-corrected chi connectivity index (χ3v) is 7.50. The Kier molecular flexibility index (Phi) is 9.23. The average Bonchev–Trinajstić information content (AvgIpc) is 2.77. The van der Waals surface area contributed by atoms with Crippen molar-refractivity contribution < 1.29 is 19.8 Å². The molecule has 4 rings (SSSR count). The first-order valence-corrected chi connectivity index (χ1v) is 12.4. The first kappa shape index (κ1) is 26.3. The van der Waals surface area contributed by atoms with Crippen LogP contribution < -0.4 is 4.90 Å². The van der Waals surface area contributed by atoms with Gasteiger partial charge in [0.15, 0.2) is 0 Å². The predicted molar refractivity (Wildman–Crippen MR) is 136 cm³/mol. The van der Waals surface area contributed by atoms with Crippen molar-refractivity contribution in [2.75, 3.05) is 31.1 Å². The Bertz CT molecular complexity index is 996. The van der Waals surface area contributed by atoms with Crippen molar-refractivity contribution in [2.45, 2.75) is 45.6 Å². The summed E-state index contributed by atoms with van der Waals surface area (Å²) in [7, 11) is 0. The van der Waals surface area contributed by atoms with Crippen LogP contribution in [-0.2, 0) is 22.6 Å². The van der Waals surface area contributed by atoms with Crippen molar-refractivity contribution >= 4 is 41.3 Å². The summed E-state index contributed by atoms with van der Waals surface area (Å²) in [4.78, 5) is 24.3. The highest BCUT2D eigenvalue weighted by Gasteiger charge is 2.32. The molecule has 2 aliphatic heterocycles. The first-order valence-electron chi connectivity index (χ1n) is 11.6. The number of rotatable bonds is 6. The third kappa shape index (κ3) is 6.04. The van der Waals surface area contributed by atoms with Gasteiger partial charge in [0.2, 0.25) is 0 Å². The highest BCUT2D eigenvalue weighted by Crippen LogP contribution is 2.40. The summed E-state index contributed by atoms with van der Waals surface area (Å²) in [6.45, 7) is 8.66. The molecule has 2 aromatic rings. The fourth-order valence-electron chi connectivity index (χ4n) is 4.92. The Morgan fingerprint density at radius 1 is 1.15 bits per heavy atom. The van der Waals surface area contributed by atoms with Crippen molar-refractivity contribution in [1.29, 1.82) is 0 Å². The maximum Gasteiger partial charge on any atom is 0.306 e. The number of anilines is 1. The van der Waals surface area contributed by atoms with Gasteiger partial charge in [-0.15, -0.1) is 0 Å². The average molecular weight is 507 g/mol. The van der Waals surface area contributed by atoms with Gasteiger partial charge in [0.1, 0.15) is 0 Å². The van der Waals surface area contributed by atoms with E-state index in [9.17, 15) is 9.90 Å². The number of hydrogen-bond donors (Lipinski definition) is 2. The van der Waals surface area contributed by atoms with Gasteiger partial charge < -0.3 is 15.1 Å². The molecule has 0 spiro atoms. The number of para-hydroxylation sites is 1. The molecule has 184 valence electrons. The molecule has 0 amide bonds. The van der Waals surface area contributed by atoms with Crippen LogP contribution in [-0.4, -0.2) is 53.7 Å². The van der Waals surface area contributed by atoms with Crippen LogP contribution in [0.4, 0.5) is 5.69 Å². The lowest BCUT2D eigenvalue weighted by atomic mass is 9.86. The monoisotopic (exact) mass is 506 g/mol. The van der Waals surface area contributed by atoms with E-state index in [1.165, 1.54) is 22.3 Å². The fourth-order valence-corrected chi connectivity index (χ4v) is 5.56. The van der Waals surface area contributed by atoms with Gasteiger partial charge in [0.05, 0.1) is 21.7 Å². The van der Waals surface area contributed by atoms with E-state index in [0.29, 0.717) is 16.0 Å². The number of carboxylic acid groups (broad SMARTS) is 2. The van der Waals surface area contributed by atoms with Crippen LogP contribution in [0.5, 0.6) is 0 Å². The summed E-state index contributed by atoms with van der Waals surface area (Å²) in [5, 5.41) is 17.5. The minimum atomic E-state index is -0.651. The smallest absolute Gasteiger partial charge is 0.306 e. The summed E-state index contributed by atoms with van der Waals surface area (Å²) < 4.78 is 0. The number of piperidine rings is 1. The Hall–Kier alpha value is -2.28. The molecule has 8 heteroatoms. The van der Waals surface area contributed by atoms with Crippen LogP contribution in [0, 0.1) is 12.8 Å². The Balaban J connectivity index is 0.00000103. The Morgan fingerprint density at radius 2 is 1.74 bits per heavy atom. The summed E-state index contributed by atoms with van der Waals surface area (Å²) in [5.74, 6) is -0.350. The second-order valence-electron chi connectivity index (χ2n) is 9.00. The number of benzene rings is 2. The molecular formula is C26H32Cl2N2O4. The zero-order chi connectivity index (χ0) is 24.8. The summed E-state index contributed by atoms with van der Waals surface area (Å²) in [6.07, 6.45) is 2.50. The molecule has 6 nitrogen and oxygen atoms in total. The van der Waals surface area contributed by atoms with E-state index in [-0.39, 0.29) is 12.4 Å². The van der Waals surface area contributed by atoms with Crippen LogP contribution in [0.2, 0.25) is 10.0 Å². The minimum Gasteiger partial charge on any atom is -0.483 e. The molecule has 0 atom stereocenters. The zero-order valence-electron chi connectivity index (χ0n) is 19.6. The van der Waals surface area contributed by atoms with Gasteiger partial charge >= 0.3 is 5.97 Å². The molecule has 2 aromatic carbocycles. The highest BCUT2D eigenvalue weighted by molar-refractivity contribution is 6.39. The fraction of sp³-hybridized carbons (Fsp3) is 0.462. The third-order valence-electron chi connectivity index (χ3n) is 6.89. The molecule has 0 aromatic heterocycles. The van der Waals surface area contributed by atoms with Crippen LogP contribution in [0.3, 0.4) is 0 Å². The molecule has 0 radical (unpaired) electrons. The van der Waals surface area contributed by atoms with Crippen molar-refractivity contribution in [3.05, 3.63) is 62.6 Å². The molecular weight excluding hydrogens is 475 g/mol. The van der Waals surface area contributed by atoms with Crippen molar-refractivity contribution in [3.63, 3.8) is 0 Å². The lowest BCUT2D eigenvalue weighted by molar-refractivity contribution is -0.143. The van der Waals surface area contributed by atoms with Gasteiger partial charge in [0.25, 0.3) is 6.47 Å². The van der Waals surface area contributed by atoms with Crippen molar-refractivity contribution in [2.24, 2.45) is 5.92 Å². The number of nitrogens with zero attached hydrogens (tertiary/aromatic N) is 2. The molecule has 0 unspecified atom stereocenters. The Labute approximate surface area is 211 Å². The molecule has 2 heterocycles. The SMILES string of the molecule is CCc1cc(C2CN(c3c(Cl)cccc3Cl)C2)cc(C)c1CN1CCC(C(=O)O)CC1.O=CO. The van der Waals surface area contributed by atoms with E-state index >= 15 is 0 Å². The summed E-state index contributed by atoms with van der Waals surface area (Å²) in [5.41, 5.74) is 6.48. The van der Waals surface area contributed by atoms with E-state index in [1.54, 1.807) is 0 Å². The number of halogens is 2. The predicted octanol–water partition coefficient (Wildman–Crippen LogP) is 5.47. The normalized spacial score (nSPS) is 17.0. The van der Waals surface area contributed by atoms with Crippen LogP contribution >= 0.6 is 23.2 Å². The van der Waals surface area contributed by atoms with Gasteiger partial charge in [-0.2, -0.15) is 0 Å². The highest BCUT2D eigenvalue weighted by atomic mass is 35.5. The summed E-state index contributed by atoms with van der Waals surface area (Å²) in [6, 6.07) is 10.4. The molecule has 2 N–H and O–H groups in total. The van der Waals surface area contributed by atoms with E-state index in [0.717, 1.165) is 57.7 Å². The number of hydrogen-bond acceptors (Lipinski definition) is 4. The van der Waals surface area contributed by atoms with E-state index in [4.69, 9.17) is 33.1 Å². The summed E-state index contributed by atoms with van der Waals surface area (Å²) >= 11 is 12.8. The van der Waals surface area contributed by atoms with Crippen LogP contribution in [0.25, 0.3) is 0 Å². The molecule has 0 saturated carbocycles. The number of aryl methyl sites for hydroxylation is 2. The van der Waals surface area contributed by atoms with E-state index < -0.39 is 5.97 Å². The van der Waals surface area contributed by atoms with Gasteiger partial charge in [-0.25, -0.2) is 0 Å². The molecule has 2 fully saturated rings. The minimum absolute atomic E-state index is 0.182. The van der Waals surface area contributed by atoms with Gasteiger partial charge in [0, 0.05) is 25.6 Å². The second-order valence-corrected chi connectivity index (χ2v) is 9.81. The largest absolute Gasteiger partial charge is 0.483 e. The topological polar surface area (TPSA) is 81.1 Å². The molecule has 34 heavy (non-hydrogen) atoms. The number of carboxylic acids is 1. The van der Waals surface area contributed by atoms with E-state index in [2.05, 4.69) is 35.8 Å². The van der Waals surface area contributed by atoms with E-state index in [1.807, 2.05) is 18.2 Å². The van der Waals surface area contributed by atoms with Gasteiger partial charge in [-0.3, -0.25) is 14.5 Å². The quantitative estimate of drug-likeness (QED) is 0.505. The standard InChI is InChI=1S/C25H30Cl2N2O2.CH2O2/c1-3-17-12-19(20-13-29(14-20)24-22(26)5-4-6-23(24)27)11-16(2)21(17)15-28-9-7-18(8-10-28)25(30)31;2-1-3/h4-6,11-12,18,20H,3,7-10,13-15H2,1-2H3,(H,30,31);1H,(H,2,3). The lowest BCUT2D eigenvalue weighted by Crippen LogP contribution is -2.45. The number of likely N-dealkylation sites (tertiary alicyclic amines) is 1. The second kappa shape index (κ2) is 11.9. The molecule has 2 saturated heterocycles. The number of carbonyl (C=O) groups is 2. The number of aliphatic carboxylic acids is 1. The maximum absolute atomic E-state index is 11.2. The molecule has 2 aliphatic rings.